The largest absolute Gasteiger partial charge is 0.481 e. The number of H-pyrrole nitrogens is 1. The summed E-state index contributed by atoms with van der Waals surface area (Å²) in [5, 5.41) is 9.92. The number of para-hydroxylation sites is 1. The van der Waals surface area contributed by atoms with E-state index in [9.17, 15) is 9.59 Å². The summed E-state index contributed by atoms with van der Waals surface area (Å²) < 4.78 is 5.41. The number of aromatic amines is 1. The molecule has 0 aliphatic carbocycles. The number of morpholine rings is 1. The van der Waals surface area contributed by atoms with Gasteiger partial charge >= 0.3 is 5.97 Å². The van der Waals surface area contributed by atoms with E-state index >= 15 is 0 Å². The topological polar surface area (TPSA) is 82.6 Å². The standard InChI is InChI=1S/C17H20N2O4/c1-11-3-2-4-14-12(9-18-17(11)14)7-15(20)19-5-6-23-13(10-19)8-16(21)22/h2-4,9,13,18H,5-8,10H2,1H3,(H,21,22)/t13-/m0/s1. The summed E-state index contributed by atoms with van der Waals surface area (Å²) >= 11 is 0. The van der Waals surface area contributed by atoms with E-state index < -0.39 is 12.1 Å². The van der Waals surface area contributed by atoms with E-state index in [1.165, 1.54) is 0 Å². The molecule has 1 aromatic heterocycles. The predicted molar refractivity (Wildman–Crippen MR) is 85.3 cm³/mol. The lowest BCUT2D eigenvalue weighted by atomic mass is 10.1. The molecule has 122 valence electrons. The number of nitrogens with zero attached hydrogens (tertiary/aromatic N) is 1. The van der Waals surface area contributed by atoms with Crippen molar-refractivity contribution >= 4 is 22.8 Å². The second-order valence-electron chi connectivity index (χ2n) is 5.92. The second-order valence-corrected chi connectivity index (χ2v) is 5.92. The van der Waals surface area contributed by atoms with Gasteiger partial charge in [0.2, 0.25) is 5.91 Å². The monoisotopic (exact) mass is 316 g/mol. The van der Waals surface area contributed by atoms with E-state index in [0.717, 1.165) is 22.0 Å². The van der Waals surface area contributed by atoms with Crippen molar-refractivity contribution in [2.75, 3.05) is 19.7 Å². The van der Waals surface area contributed by atoms with Crippen LogP contribution in [-0.2, 0) is 20.7 Å². The number of aliphatic carboxylic acids is 1. The van der Waals surface area contributed by atoms with Gasteiger partial charge in [-0.2, -0.15) is 0 Å². The first-order chi connectivity index (χ1) is 11.0. The van der Waals surface area contributed by atoms with Crippen molar-refractivity contribution in [2.24, 2.45) is 0 Å². The number of carbonyl (C=O) groups excluding carboxylic acids is 1. The molecule has 2 N–H and O–H groups in total. The number of carbonyl (C=O) groups is 2. The fourth-order valence-electron chi connectivity index (χ4n) is 3.05. The zero-order chi connectivity index (χ0) is 16.4. The highest BCUT2D eigenvalue weighted by Crippen LogP contribution is 2.22. The zero-order valence-electron chi connectivity index (χ0n) is 13.0. The molecule has 2 heterocycles. The average Bonchev–Trinajstić information content (AvgIpc) is 2.91. The first-order valence-corrected chi connectivity index (χ1v) is 7.71. The Morgan fingerprint density at radius 1 is 1.43 bits per heavy atom. The van der Waals surface area contributed by atoms with Crippen molar-refractivity contribution in [3.05, 3.63) is 35.5 Å². The molecule has 1 aliphatic rings. The lowest BCUT2D eigenvalue weighted by Gasteiger charge is -2.32. The van der Waals surface area contributed by atoms with Gasteiger partial charge < -0.3 is 19.7 Å². The van der Waals surface area contributed by atoms with Gasteiger partial charge in [0.1, 0.15) is 0 Å². The highest BCUT2D eigenvalue weighted by Gasteiger charge is 2.26. The molecule has 2 aromatic rings. The Bertz CT molecular complexity index is 737. The molecule has 1 fully saturated rings. The number of carboxylic acid groups (broad SMARTS) is 1. The molecule has 1 amide bonds. The van der Waals surface area contributed by atoms with Gasteiger partial charge in [-0.15, -0.1) is 0 Å². The van der Waals surface area contributed by atoms with E-state index in [1.807, 2.05) is 31.3 Å². The third-order valence-corrected chi connectivity index (χ3v) is 4.24. The minimum absolute atomic E-state index is 0.00564. The molecule has 0 unspecified atom stereocenters. The van der Waals surface area contributed by atoms with E-state index in [0.29, 0.717) is 26.1 Å². The molecule has 6 nitrogen and oxygen atoms in total. The summed E-state index contributed by atoms with van der Waals surface area (Å²) in [4.78, 5) is 28.3. The number of amides is 1. The maximum atomic E-state index is 12.5. The van der Waals surface area contributed by atoms with Gasteiger partial charge in [-0.25, -0.2) is 0 Å². The van der Waals surface area contributed by atoms with Crippen LogP contribution in [0.15, 0.2) is 24.4 Å². The summed E-state index contributed by atoms with van der Waals surface area (Å²) in [5.41, 5.74) is 3.17. The van der Waals surface area contributed by atoms with Crippen LogP contribution in [0.1, 0.15) is 17.5 Å². The SMILES string of the molecule is Cc1cccc2c(CC(=O)N3CCO[C@@H](CC(=O)O)C3)c[nH]c12. The quantitative estimate of drug-likeness (QED) is 0.900. The molecule has 0 bridgehead atoms. The van der Waals surface area contributed by atoms with Gasteiger partial charge in [-0.3, -0.25) is 9.59 Å². The van der Waals surface area contributed by atoms with Crippen LogP contribution in [0.25, 0.3) is 10.9 Å². The summed E-state index contributed by atoms with van der Waals surface area (Å²) in [5.74, 6) is -0.900. The van der Waals surface area contributed by atoms with Crippen LogP contribution in [0.4, 0.5) is 0 Å². The highest BCUT2D eigenvalue weighted by molar-refractivity contribution is 5.90. The summed E-state index contributed by atoms with van der Waals surface area (Å²) in [6.07, 6.45) is 1.69. The predicted octanol–water partition coefficient (Wildman–Crippen LogP) is 1.72. The van der Waals surface area contributed by atoms with Gasteiger partial charge in [0.25, 0.3) is 0 Å². The summed E-state index contributed by atoms with van der Waals surface area (Å²) in [6, 6.07) is 6.02. The van der Waals surface area contributed by atoms with Crippen LogP contribution in [0, 0.1) is 6.92 Å². The van der Waals surface area contributed by atoms with Crippen molar-refractivity contribution in [3.8, 4) is 0 Å². The molecular formula is C17H20N2O4. The number of fused-ring (bicyclic) bond motifs is 1. The van der Waals surface area contributed by atoms with Crippen LogP contribution in [0.3, 0.4) is 0 Å². The van der Waals surface area contributed by atoms with Gasteiger partial charge in [0, 0.05) is 30.2 Å². The van der Waals surface area contributed by atoms with E-state index in [-0.39, 0.29) is 12.3 Å². The second kappa shape index (κ2) is 6.42. The molecule has 6 heteroatoms. The van der Waals surface area contributed by atoms with Crippen LogP contribution >= 0.6 is 0 Å². The van der Waals surface area contributed by atoms with Crippen molar-refractivity contribution < 1.29 is 19.4 Å². The molecule has 1 aliphatic heterocycles. The minimum atomic E-state index is -0.906. The number of carboxylic acids is 1. The van der Waals surface area contributed by atoms with Crippen LogP contribution in [0.5, 0.6) is 0 Å². The van der Waals surface area contributed by atoms with Gasteiger partial charge in [-0.1, -0.05) is 18.2 Å². The average molecular weight is 316 g/mol. The Labute approximate surface area is 134 Å². The Balaban J connectivity index is 1.70. The number of rotatable bonds is 4. The van der Waals surface area contributed by atoms with Gasteiger partial charge in [-0.05, 0) is 18.1 Å². The Kier molecular flexibility index (Phi) is 4.34. The third-order valence-electron chi connectivity index (χ3n) is 4.24. The van der Waals surface area contributed by atoms with Crippen LogP contribution < -0.4 is 0 Å². The Morgan fingerprint density at radius 3 is 3.04 bits per heavy atom. The van der Waals surface area contributed by atoms with Crippen molar-refractivity contribution in [2.45, 2.75) is 25.9 Å². The molecule has 0 saturated carbocycles. The number of aromatic nitrogens is 1. The lowest BCUT2D eigenvalue weighted by molar-refractivity contribution is -0.147. The van der Waals surface area contributed by atoms with Gasteiger partial charge in [0.15, 0.2) is 0 Å². The molecule has 1 atom stereocenters. The molecular weight excluding hydrogens is 296 g/mol. The molecule has 1 saturated heterocycles. The number of nitrogens with one attached hydrogen (secondary N) is 1. The normalized spacial score (nSPS) is 18.3. The maximum absolute atomic E-state index is 12.5. The zero-order valence-corrected chi connectivity index (χ0v) is 13.0. The molecule has 3 rings (SSSR count). The number of ether oxygens (including phenoxy) is 1. The molecule has 0 radical (unpaired) electrons. The first kappa shape index (κ1) is 15.6. The van der Waals surface area contributed by atoms with Crippen LogP contribution in [0.2, 0.25) is 0 Å². The Hall–Kier alpha value is -2.34. The Morgan fingerprint density at radius 2 is 2.26 bits per heavy atom. The molecule has 1 aromatic carbocycles. The number of benzene rings is 1. The van der Waals surface area contributed by atoms with Gasteiger partial charge in [0.05, 0.1) is 25.6 Å². The van der Waals surface area contributed by atoms with Crippen molar-refractivity contribution in [1.82, 2.24) is 9.88 Å². The van der Waals surface area contributed by atoms with Crippen molar-refractivity contribution in [3.63, 3.8) is 0 Å². The third kappa shape index (κ3) is 3.37. The molecule has 23 heavy (non-hydrogen) atoms. The number of aryl methyl sites for hydroxylation is 1. The van der Waals surface area contributed by atoms with E-state index in [4.69, 9.17) is 9.84 Å². The van der Waals surface area contributed by atoms with E-state index in [1.54, 1.807) is 4.90 Å². The lowest BCUT2D eigenvalue weighted by Crippen LogP contribution is -2.46. The minimum Gasteiger partial charge on any atom is -0.481 e. The summed E-state index contributed by atoms with van der Waals surface area (Å²) in [6.45, 7) is 3.27. The van der Waals surface area contributed by atoms with E-state index in [2.05, 4.69) is 4.98 Å². The smallest absolute Gasteiger partial charge is 0.306 e. The van der Waals surface area contributed by atoms with Crippen molar-refractivity contribution in [1.29, 1.82) is 0 Å². The number of hydrogen-bond acceptors (Lipinski definition) is 3. The highest BCUT2D eigenvalue weighted by atomic mass is 16.5. The molecule has 0 spiro atoms. The van der Waals surface area contributed by atoms with Crippen LogP contribution in [-0.4, -0.2) is 52.7 Å². The fourth-order valence-corrected chi connectivity index (χ4v) is 3.05. The first-order valence-electron chi connectivity index (χ1n) is 7.71. The number of hydrogen-bond donors (Lipinski definition) is 2. The maximum Gasteiger partial charge on any atom is 0.306 e. The summed E-state index contributed by atoms with van der Waals surface area (Å²) in [7, 11) is 0. The fraction of sp³-hybridized carbons (Fsp3) is 0.412.